The van der Waals surface area contributed by atoms with Crippen LogP contribution in [0.4, 0.5) is 18.9 Å². The van der Waals surface area contributed by atoms with Gasteiger partial charge in [0.25, 0.3) is 0 Å². The zero-order valence-electron chi connectivity index (χ0n) is 11.4. The molecule has 1 heterocycles. The predicted molar refractivity (Wildman–Crippen MR) is 79.3 cm³/mol. The van der Waals surface area contributed by atoms with Crippen molar-refractivity contribution in [2.75, 3.05) is 11.9 Å². The summed E-state index contributed by atoms with van der Waals surface area (Å²) in [6.07, 6.45) is -0.787. The molecule has 0 aliphatic heterocycles. The first kappa shape index (κ1) is 15.9. The minimum atomic E-state index is -4.32. The van der Waals surface area contributed by atoms with Gasteiger partial charge in [-0.3, -0.25) is 5.10 Å². The molecule has 0 bridgehead atoms. The Morgan fingerprint density at radius 1 is 1.33 bits per heavy atom. The zero-order valence-corrected chi connectivity index (χ0v) is 13.0. The summed E-state index contributed by atoms with van der Waals surface area (Å²) in [6.45, 7) is 2.64. The van der Waals surface area contributed by atoms with Crippen molar-refractivity contribution in [1.82, 2.24) is 10.2 Å². The van der Waals surface area contributed by atoms with Crippen LogP contribution in [-0.4, -0.2) is 16.7 Å². The third-order valence-electron chi connectivity index (χ3n) is 3.17. The summed E-state index contributed by atoms with van der Waals surface area (Å²) in [5, 5.41) is 9.95. The topological polar surface area (TPSA) is 40.7 Å². The lowest BCUT2D eigenvalue weighted by atomic mass is 10.1. The number of nitrogens with zero attached hydrogens (tertiary/aromatic N) is 1. The van der Waals surface area contributed by atoms with Gasteiger partial charge in [-0.25, -0.2) is 0 Å². The van der Waals surface area contributed by atoms with E-state index in [0.29, 0.717) is 16.7 Å². The monoisotopic (exact) mass is 361 g/mol. The first-order chi connectivity index (χ1) is 9.88. The van der Waals surface area contributed by atoms with Gasteiger partial charge in [-0.1, -0.05) is 0 Å². The van der Waals surface area contributed by atoms with Crippen LogP contribution in [0.1, 0.15) is 23.2 Å². The van der Waals surface area contributed by atoms with E-state index in [1.807, 2.05) is 6.92 Å². The number of rotatable bonds is 5. The Morgan fingerprint density at radius 3 is 2.67 bits per heavy atom. The molecule has 2 rings (SSSR count). The number of H-pyrrole nitrogens is 1. The van der Waals surface area contributed by atoms with Gasteiger partial charge < -0.3 is 5.32 Å². The average molecular weight is 362 g/mol. The van der Waals surface area contributed by atoms with Gasteiger partial charge in [0, 0.05) is 22.4 Å². The Labute approximate surface area is 129 Å². The molecule has 0 aliphatic carbocycles. The van der Waals surface area contributed by atoms with E-state index in [4.69, 9.17) is 0 Å². The molecule has 2 aromatic rings. The van der Waals surface area contributed by atoms with E-state index in [9.17, 15) is 13.2 Å². The summed E-state index contributed by atoms with van der Waals surface area (Å²) in [5.41, 5.74) is 2.20. The highest BCUT2D eigenvalue weighted by atomic mass is 79.9. The van der Waals surface area contributed by atoms with Gasteiger partial charge in [0.2, 0.25) is 0 Å². The number of aryl methyl sites for hydroxylation is 2. The lowest BCUT2D eigenvalue weighted by molar-refractivity contribution is -0.137. The summed E-state index contributed by atoms with van der Waals surface area (Å²) in [4.78, 5) is 0. The van der Waals surface area contributed by atoms with Crippen LogP contribution in [0.15, 0.2) is 28.9 Å². The fourth-order valence-electron chi connectivity index (χ4n) is 1.96. The molecule has 114 valence electrons. The second kappa shape index (κ2) is 6.51. The highest BCUT2D eigenvalue weighted by Crippen LogP contribution is 2.33. The quantitative estimate of drug-likeness (QED) is 0.767. The third-order valence-corrected chi connectivity index (χ3v) is 3.83. The molecule has 0 amide bonds. The maximum Gasteiger partial charge on any atom is 0.416 e. The first-order valence-electron chi connectivity index (χ1n) is 6.47. The molecule has 0 atom stereocenters. The van der Waals surface area contributed by atoms with Crippen LogP contribution >= 0.6 is 15.9 Å². The number of aromatic nitrogens is 2. The van der Waals surface area contributed by atoms with E-state index in [0.717, 1.165) is 36.2 Å². The van der Waals surface area contributed by atoms with Crippen LogP contribution in [0.2, 0.25) is 0 Å². The van der Waals surface area contributed by atoms with Gasteiger partial charge in [-0.2, -0.15) is 18.3 Å². The molecule has 21 heavy (non-hydrogen) atoms. The van der Waals surface area contributed by atoms with Crippen molar-refractivity contribution < 1.29 is 13.2 Å². The van der Waals surface area contributed by atoms with Gasteiger partial charge in [-0.05, 0) is 59.5 Å². The van der Waals surface area contributed by atoms with Gasteiger partial charge in [-0.15, -0.1) is 0 Å². The molecule has 0 saturated carbocycles. The minimum Gasteiger partial charge on any atom is -0.384 e. The summed E-state index contributed by atoms with van der Waals surface area (Å²) in [5.74, 6) is 0. The molecular formula is C14H15BrF3N3. The Kier molecular flexibility index (Phi) is 4.92. The van der Waals surface area contributed by atoms with Crippen LogP contribution in [0, 0.1) is 6.92 Å². The summed E-state index contributed by atoms with van der Waals surface area (Å²) < 4.78 is 38.1. The minimum absolute atomic E-state index is 0.414. The maximum atomic E-state index is 12.6. The number of anilines is 1. The Morgan fingerprint density at radius 2 is 2.10 bits per heavy atom. The molecule has 0 unspecified atom stereocenters. The van der Waals surface area contributed by atoms with E-state index >= 15 is 0 Å². The summed E-state index contributed by atoms with van der Waals surface area (Å²) in [6, 6.07) is 3.60. The Hall–Kier alpha value is -1.50. The van der Waals surface area contributed by atoms with Gasteiger partial charge in [0.15, 0.2) is 0 Å². The van der Waals surface area contributed by atoms with E-state index in [2.05, 4.69) is 31.4 Å². The highest BCUT2D eigenvalue weighted by Gasteiger charge is 2.30. The molecule has 3 nitrogen and oxygen atoms in total. The van der Waals surface area contributed by atoms with Crippen LogP contribution in [0.5, 0.6) is 0 Å². The van der Waals surface area contributed by atoms with Crippen molar-refractivity contribution in [2.24, 2.45) is 0 Å². The third kappa shape index (κ3) is 4.23. The van der Waals surface area contributed by atoms with Gasteiger partial charge in [0.1, 0.15) is 0 Å². The second-order valence-electron chi connectivity index (χ2n) is 4.74. The normalized spacial score (nSPS) is 11.7. The van der Waals surface area contributed by atoms with Gasteiger partial charge in [0.05, 0.1) is 11.8 Å². The van der Waals surface area contributed by atoms with Gasteiger partial charge >= 0.3 is 6.18 Å². The Balaban J connectivity index is 1.88. The SMILES string of the molecule is Cc1[nH]ncc1CCCNc1ccc(C(F)(F)F)cc1Br. The van der Waals surface area contributed by atoms with Crippen LogP contribution < -0.4 is 5.32 Å². The molecule has 0 fully saturated rings. The van der Waals surface area contributed by atoms with E-state index in [-0.39, 0.29) is 0 Å². The van der Waals surface area contributed by atoms with Crippen molar-refractivity contribution in [3.63, 3.8) is 0 Å². The molecule has 1 aromatic carbocycles. The number of hydrogen-bond donors (Lipinski definition) is 2. The first-order valence-corrected chi connectivity index (χ1v) is 7.26. The number of alkyl halides is 3. The molecule has 2 N–H and O–H groups in total. The van der Waals surface area contributed by atoms with Crippen LogP contribution in [0.3, 0.4) is 0 Å². The van der Waals surface area contributed by atoms with Crippen LogP contribution in [0.25, 0.3) is 0 Å². The largest absolute Gasteiger partial charge is 0.416 e. The number of hydrogen-bond acceptors (Lipinski definition) is 2. The van der Waals surface area contributed by atoms with Crippen molar-refractivity contribution in [3.05, 3.63) is 45.7 Å². The zero-order chi connectivity index (χ0) is 15.5. The average Bonchev–Trinajstić information content (AvgIpc) is 2.80. The number of aromatic amines is 1. The Bertz CT molecular complexity index is 608. The summed E-state index contributed by atoms with van der Waals surface area (Å²) in [7, 11) is 0. The van der Waals surface area contributed by atoms with Crippen molar-refractivity contribution in [1.29, 1.82) is 0 Å². The molecule has 0 aliphatic rings. The molecule has 0 saturated heterocycles. The van der Waals surface area contributed by atoms with Crippen molar-refractivity contribution >= 4 is 21.6 Å². The highest BCUT2D eigenvalue weighted by molar-refractivity contribution is 9.10. The molecule has 0 spiro atoms. The smallest absolute Gasteiger partial charge is 0.384 e. The fourth-order valence-corrected chi connectivity index (χ4v) is 2.48. The fraction of sp³-hybridized carbons (Fsp3) is 0.357. The number of benzene rings is 1. The van der Waals surface area contributed by atoms with E-state index < -0.39 is 11.7 Å². The molecule has 1 aromatic heterocycles. The van der Waals surface area contributed by atoms with E-state index in [1.165, 1.54) is 6.07 Å². The number of halogens is 4. The number of nitrogens with one attached hydrogen (secondary N) is 2. The molecular weight excluding hydrogens is 347 g/mol. The molecule has 0 radical (unpaired) electrons. The predicted octanol–water partition coefficient (Wildman–Crippen LogP) is 4.54. The van der Waals surface area contributed by atoms with E-state index in [1.54, 1.807) is 6.20 Å². The van der Waals surface area contributed by atoms with Crippen molar-refractivity contribution in [2.45, 2.75) is 25.9 Å². The van der Waals surface area contributed by atoms with Crippen molar-refractivity contribution in [3.8, 4) is 0 Å². The molecule has 7 heteroatoms. The second-order valence-corrected chi connectivity index (χ2v) is 5.60. The lowest BCUT2D eigenvalue weighted by Gasteiger charge is -2.12. The summed E-state index contributed by atoms with van der Waals surface area (Å²) >= 11 is 3.16. The maximum absolute atomic E-state index is 12.6. The standard InChI is InChI=1S/C14H15BrF3N3/c1-9-10(8-20-21-9)3-2-6-19-13-5-4-11(7-12(13)15)14(16,17)18/h4-5,7-8,19H,2-3,6H2,1H3,(H,20,21). The lowest BCUT2D eigenvalue weighted by Crippen LogP contribution is -2.07. The van der Waals surface area contributed by atoms with Crippen LogP contribution in [-0.2, 0) is 12.6 Å².